The second kappa shape index (κ2) is 12.4. The summed E-state index contributed by atoms with van der Waals surface area (Å²) in [6.07, 6.45) is 1.27. The van der Waals surface area contributed by atoms with E-state index in [9.17, 15) is 9.59 Å². The number of amides is 2. The fourth-order valence-electron chi connectivity index (χ4n) is 3.43. The molecule has 9 heteroatoms. The van der Waals surface area contributed by atoms with Crippen LogP contribution in [0.15, 0.2) is 83.1 Å². The van der Waals surface area contributed by atoms with Crippen LogP contribution in [0.5, 0.6) is 0 Å². The van der Waals surface area contributed by atoms with E-state index in [0.29, 0.717) is 27.3 Å². The van der Waals surface area contributed by atoms with Gasteiger partial charge in [0.2, 0.25) is 11.8 Å². The quantitative estimate of drug-likeness (QED) is 0.203. The van der Waals surface area contributed by atoms with Crippen molar-refractivity contribution in [3.63, 3.8) is 0 Å². The van der Waals surface area contributed by atoms with Gasteiger partial charge in [-0.1, -0.05) is 60.5 Å². The lowest BCUT2D eigenvalue weighted by Crippen LogP contribution is -2.19. The fraction of sp³-hybridized carbons (Fsp3) is 0.148. The summed E-state index contributed by atoms with van der Waals surface area (Å²) in [5.74, 6) is -0.197. The minimum absolute atomic E-state index is 0.0119. The first kappa shape index (κ1) is 26.2. The van der Waals surface area contributed by atoms with Crippen molar-refractivity contribution in [3.8, 4) is 11.3 Å². The van der Waals surface area contributed by atoms with Crippen molar-refractivity contribution in [2.24, 2.45) is 0 Å². The molecule has 4 aromatic rings. The smallest absolute Gasteiger partial charge is 0.244 e. The minimum atomic E-state index is -0.502. The Hall–Kier alpha value is -2.84. The first-order valence-corrected chi connectivity index (χ1v) is 13.8. The third kappa shape index (κ3) is 6.89. The van der Waals surface area contributed by atoms with E-state index in [1.165, 1.54) is 23.1 Å². The van der Waals surface area contributed by atoms with E-state index in [1.54, 1.807) is 12.1 Å². The van der Waals surface area contributed by atoms with Crippen molar-refractivity contribution in [1.82, 2.24) is 4.98 Å². The minimum Gasteiger partial charge on any atom is -0.326 e. The summed E-state index contributed by atoms with van der Waals surface area (Å²) >= 11 is 15.1. The van der Waals surface area contributed by atoms with Crippen LogP contribution in [0.2, 0.25) is 10.0 Å². The molecule has 2 N–H and O–H groups in total. The highest BCUT2D eigenvalue weighted by Crippen LogP contribution is 2.38. The van der Waals surface area contributed by atoms with Crippen LogP contribution < -0.4 is 10.6 Å². The molecule has 0 radical (unpaired) electrons. The van der Waals surface area contributed by atoms with E-state index < -0.39 is 5.25 Å². The van der Waals surface area contributed by atoms with E-state index in [4.69, 9.17) is 23.2 Å². The molecule has 0 saturated carbocycles. The van der Waals surface area contributed by atoms with Crippen molar-refractivity contribution in [2.45, 2.75) is 29.9 Å². The average molecular weight is 557 g/mol. The van der Waals surface area contributed by atoms with Crippen LogP contribution in [0.25, 0.3) is 11.3 Å². The summed E-state index contributed by atoms with van der Waals surface area (Å²) in [4.78, 5) is 30.7. The van der Waals surface area contributed by atoms with Crippen LogP contribution in [0.1, 0.15) is 30.6 Å². The van der Waals surface area contributed by atoms with Crippen LogP contribution in [0.4, 0.5) is 10.8 Å². The van der Waals surface area contributed by atoms with E-state index in [1.807, 2.05) is 73.0 Å². The van der Waals surface area contributed by atoms with Gasteiger partial charge in [-0.2, -0.15) is 0 Å². The molecule has 1 heterocycles. The number of hydrogen-bond acceptors (Lipinski definition) is 5. The Labute approximate surface area is 228 Å². The highest BCUT2D eigenvalue weighted by molar-refractivity contribution is 8.00. The molecule has 184 valence electrons. The maximum Gasteiger partial charge on any atom is 0.244 e. The third-order valence-electron chi connectivity index (χ3n) is 5.15. The number of anilines is 2. The number of nitrogens with zero attached hydrogens (tertiary/aromatic N) is 1. The van der Waals surface area contributed by atoms with Crippen LogP contribution in [0, 0.1) is 0 Å². The summed E-state index contributed by atoms with van der Waals surface area (Å²) in [6, 6.07) is 22.3. The van der Waals surface area contributed by atoms with Gasteiger partial charge in [-0.3, -0.25) is 9.59 Å². The number of carbonyl (C=O) groups is 2. The van der Waals surface area contributed by atoms with E-state index in [-0.39, 0.29) is 11.8 Å². The monoisotopic (exact) mass is 555 g/mol. The molecule has 0 spiro atoms. The number of hydrogen-bond donors (Lipinski definition) is 2. The summed E-state index contributed by atoms with van der Waals surface area (Å²) in [5, 5.41) is 8.71. The Kier molecular flexibility index (Phi) is 9.04. The molecule has 36 heavy (non-hydrogen) atoms. The van der Waals surface area contributed by atoms with Gasteiger partial charge in [-0.25, -0.2) is 4.98 Å². The van der Waals surface area contributed by atoms with E-state index in [2.05, 4.69) is 15.6 Å². The molecule has 4 rings (SSSR count). The standard InChI is InChI=1S/C27H23Cl2N3O2S2/c1-2-6-24(33)30-19-10-12-20(13-11-19)36-25(17-7-4-3-5-8-17)26(34)32-27-31-23(16-35-27)21-14-9-18(28)15-22(21)29/h3-5,7-16,25H,2,6H2,1H3,(H,30,33)(H,31,32,34). The van der Waals surface area contributed by atoms with Gasteiger partial charge in [0.15, 0.2) is 5.13 Å². The lowest BCUT2D eigenvalue weighted by Gasteiger charge is -2.16. The normalized spacial score (nSPS) is 11.6. The van der Waals surface area contributed by atoms with Gasteiger partial charge in [0.1, 0.15) is 5.25 Å². The zero-order valence-electron chi connectivity index (χ0n) is 19.3. The Morgan fingerprint density at radius 2 is 1.75 bits per heavy atom. The highest BCUT2D eigenvalue weighted by atomic mass is 35.5. The number of nitrogens with one attached hydrogen (secondary N) is 2. The van der Waals surface area contributed by atoms with Gasteiger partial charge < -0.3 is 10.6 Å². The van der Waals surface area contributed by atoms with Crippen molar-refractivity contribution in [2.75, 3.05) is 10.6 Å². The van der Waals surface area contributed by atoms with Gasteiger partial charge >= 0.3 is 0 Å². The second-order valence-corrected chi connectivity index (χ2v) is 10.8. The predicted octanol–water partition coefficient (Wildman–Crippen LogP) is 8.33. The maximum atomic E-state index is 13.4. The Morgan fingerprint density at radius 3 is 2.44 bits per heavy atom. The summed E-state index contributed by atoms with van der Waals surface area (Å²) in [7, 11) is 0. The molecular weight excluding hydrogens is 533 g/mol. The molecular formula is C27H23Cl2N3O2S2. The molecule has 3 aromatic carbocycles. The number of carbonyl (C=O) groups excluding carboxylic acids is 2. The molecule has 1 aromatic heterocycles. The van der Waals surface area contributed by atoms with Gasteiger partial charge in [-0.15, -0.1) is 23.1 Å². The SMILES string of the molecule is CCCC(=O)Nc1ccc(SC(C(=O)Nc2nc(-c3ccc(Cl)cc3Cl)cs2)c2ccccc2)cc1. The molecule has 1 unspecified atom stereocenters. The molecule has 0 aliphatic carbocycles. The second-order valence-electron chi connectivity index (χ2n) is 7.88. The first-order chi connectivity index (χ1) is 17.4. The van der Waals surface area contributed by atoms with Crippen LogP contribution in [0.3, 0.4) is 0 Å². The molecule has 0 aliphatic rings. The first-order valence-electron chi connectivity index (χ1n) is 11.3. The summed E-state index contributed by atoms with van der Waals surface area (Å²) in [5.41, 5.74) is 3.02. The highest BCUT2D eigenvalue weighted by Gasteiger charge is 2.23. The molecule has 0 bridgehead atoms. The number of rotatable bonds is 9. The number of thioether (sulfide) groups is 1. The lowest BCUT2D eigenvalue weighted by molar-refractivity contribution is -0.116. The van der Waals surface area contributed by atoms with Crippen molar-refractivity contribution in [3.05, 3.63) is 93.8 Å². The zero-order valence-corrected chi connectivity index (χ0v) is 22.5. The number of thiazole rings is 1. The number of halogens is 2. The van der Waals surface area contributed by atoms with Gasteiger partial charge in [0.25, 0.3) is 0 Å². The van der Waals surface area contributed by atoms with Crippen LogP contribution in [-0.4, -0.2) is 16.8 Å². The number of benzene rings is 3. The lowest BCUT2D eigenvalue weighted by atomic mass is 10.1. The van der Waals surface area contributed by atoms with Gasteiger partial charge in [0.05, 0.1) is 10.7 Å². The molecule has 5 nitrogen and oxygen atoms in total. The molecule has 1 atom stereocenters. The zero-order chi connectivity index (χ0) is 25.5. The maximum absolute atomic E-state index is 13.4. The van der Waals surface area contributed by atoms with Gasteiger partial charge in [0, 0.05) is 33.0 Å². The third-order valence-corrected chi connectivity index (χ3v) is 7.72. The predicted molar refractivity (Wildman–Crippen MR) is 151 cm³/mol. The summed E-state index contributed by atoms with van der Waals surface area (Å²) < 4.78 is 0. The molecule has 0 aliphatic heterocycles. The Morgan fingerprint density at radius 1 is 1.00 bits per heavy atom. The fourth-order valence-corrected chi connectivity index (χ4v) is 5.67. The Balaban J connectivity index is 1.50. The number of aromatic nitrogens is 1. The van der Waals surface area contributed by atoms with Gasteiger partial charge in [-0.05, 0) is 54.4 Å². The summed E-state index contributed by atoms with van der Waals surface area (Å²) in [6.45, 7) is 1.97. The van der Waals surface area contributed by atoms with Crippen molar-refractivity contribution in [1.29, 1.82) is 0 Å². The van der Waals surface area contributed by atoms with Crippen LogP contribution >= 0.6 is 46.3 Å². The van der Waals surface area contributed by atoms with Crippen molar-refractivity contribution < 1.29 is 9.59 Å². The van der Waals surface area contributed by atoms with E-state index in [0.717, 1.165) is 28.1 Å². The topological polar surface area (TPSA) is 71.1 Å². The van der Waals surface area contributed by atoms with E-state index >= 15 is 0 Å². The van der Waals surface area contributed by atoms with Crippen LogP contribution in [-0.2, 0) is 9.59 Å². The van der Waals surface area contributed by atoms with Crippen molar-refractivity contribution >= 4 is 68.9 Å². The average Bonchev–Trinajstić information content (AvgIpc) is 3.32. The molecule has 0 saturated heterocycles. The molecule has 2 amide bonds. The molecule has 0 fully saturated rings. The largest absolute Gasteiger partial charge is 0.326 e. The Bertz CT molecular complexity index is 1340.